The van der Waals surface area contributed by atoms with Crippen LogP contribution in [-0.2, 0) is 16.2 Å². The van der Waals surface area contributed by atoms with Crippen molar-refractivity contribution in [3.8, 4) is 21.9 Å². The molecule has 1 aliphatic rings. The van der Waals surface area contributed by atoms with Gasteiger partial charge in [-0.05, 0) is 49.9 Å². The highest BCUT2D eigenvalue weighted by atomic mass is 35.5. The Bertz CT molecular complexity index is 1380. The normalized spacial score (nSPS) is 16.8. The molecule has 1 aliphatic heterocycles. The number of hydrogen-bond acceptors (Lipinski definition) is 6. The first-order chi connectivity index (χ1) is 16.9. The van der Waals surface area contributed by atoms with E-state index in [1.165, 1.54) is 13.2 Å². The molecule has 1 aromatic heterocycles. The van der Waals surface area contributed by atoms with Gasteiger partial charge >= 0.3 is 6.18 Å². The van der Waals surface area contributed by atoms with Gasteiger partial charge in [-0.3, -0.25) is 4.72 Å². The summed E-state index contributed by atoms with van der Waals surface area (Å²) in [5.41, 5.74) is -0.543. The number of methoxy groups -OCH3 is 1. The Balaban J connectivity index is 1.65. The van der Waals surface area contributed by atoms with E-state index in [9.17, 15) is 21.6 Å². The zero-order chi connectivity index (χ0) is 26.3. The van der Waals surface area contributed by atoms with E-state index >= 15 is 0 Å². The minimum atomic E-state index is -4.66. The number of hydrogen-bond donors (Lipinski definition) is 1. The van der Waals surface area contributed by atoms with Gasteiger partial charge in [0.25, 0.3) is 10.0 Å². The fourth-order valence-electron chi connectivity index (χ4n) is 3.81. The summed E-state index contributed by atoms with van der Waals surface area (Å²) in [7, 11) is -0.884. The van der Waals surface area contributed by atoms with Gasteiger partial charge < -0.3 is 14.4 Å². The summed E-state index contributed by atoms with van der Waals surface area (Å²) in [6.07, 6.45) is -4.54. The van der Waals surface area contributed by atoms with E-state index in [1.807, 2.05) is 11.9 Å². The van der Waals surface area contributed by atoms with Crippen molar-refractivity contribution in [2.24, 2.45) is 0 Å². The molecule has 1 unspecified atom stereocenters. The van der Waals surface area contributed by atoms with Crippen molar-refractivity contribution in [1.82, 2.24) is 4.90 Å². The second-order valence-corrected chi connectivity index (χ2v) is 12.0. The van der Waals surface area contributed by atoms with E-state index in [0.717, 1.165) is 29.5 Å². The summed E-state index contributed by atoms with van der Waals surface area (Å²) in [5.74, 6) is 0.0127. The second-order valence-electron chi connectivity index (χ2n) is 8.19. The number of halogens is 5. The van der Waals surface area contributed by atoms with Gasteiger partial charge in [0.2, 0.25) is 0 Å². The predicted molar refractivity (Wildman–Crippen MR) is 135 cm³/mol. The van der Waals surface area contributed by atoms with Crippen LogP contribution in [0.4, 0.5) is 18.9 Å². The predicted octanol–water partition coefficient (Wildman–Crippen LogP) is 6.63. The van der Waals surface area contributed by atoms with E-state index in [4.69, 9.17) is 32.7 Å². The second kappa shape index (κ2) is 10.3. The lowest BCUT2D eigenvalue weighted by molar-refractivity contribution is -0.139. The summed E-state index contributed by atoms with van der Waals surface area (Å²) in [6.45, 7) is 1.16. The molecule has 4 rings (SSSR count). The van der Waals surface area contributed by atoms with Crippen LogP contribution in [0.15, 0.2) is 46.7 Å². The van der Waals surface area contributed by atoms with Gasteiger partial charge in [0.05, 0.1) is 28.3 Å². The number of likely N-dealkylation sites (tertiary alicyclic amines) is 1. The molecule has 0 spiro atoms. The summed E-state index contributed by atoms with van der Waals surface area (Å²) in [5, 5.41) is 0.561. The molecule has 0 aliphatic carbocycles. The first-order valence-electron chi connectivity index (χ1n) is 10.6. The Morgan fingerprint density at radius 2 is 1.86 bits per heavy atom. The maximum absolute atomic E-state index is 13.6. The molecule has 0 amide bonds. The minimum Gasteiger partial charge on any atom is -0.496 e. The summed E-state index contributed by atoms with van der Waals surface area (Å²) >= 11 is 13.3. The number of anilines is 1. The topological polar surface area (TPSA) is 67.9 Å². The van der Waals surface area contributed by atoms with Crippen molar-refractivity contribution in [2.45, 2.75) is 22.9 Å². The molecule has 36 heavy (non-hydrogen) atoms. The molecule has 3 aromatic rings. The fourth-order valence-corrected chi connectivity index (χ4v) is 6.87. The monoisotopic (exact) mass is 580 g/mol. The molecule has 1 fully saturated rings. The number of ether oxygens (including phenoxy) is 2. The first-order valence-corrected chi connectivity index (χ1v) is 13.7. The van der Waals surface area contributed by atoms with Crippen LogP contribution in [0.3, 0.4) is 0 Å². The lowest BCUT2D eigenvalue weighted by atomic mass is 10.1. The first kappa shape index (κ1) is 26.9. The third-order valence-electron chi connectivity index (χ3n) is 5.52. The highest BCUT2D eigenvalue weighted by molar-refractivity contribution is 7.94. The highest BCUT2D eigenvalue weighted by Gasteiger charge is 2.36. The molecule has 1 N–H and O–H groups in total. The molecule has 1 atom stereocenters. The van der Waals surface area contributed by atoms with E-state index in [2.05, 4.69) is 4.72 Å². The van der Waals surface area contributed by atoms with Crippen molar-refractivity contribution in [3.05, 3.63) is 58.1 Å². The lowest BCUT2D eigenvalue weighted by Gasteiger charge is -2.19. The van der Waals surface area contributed by atoms with Crippen molar-refractivity contribution in [3.63, 3.8) is 0 Å². The van der Waals surface area contributed by atoms with Gasteiger partial charge in [-0.2, -0.15) is 13.2 Å². The van der Waals surface area contributed by atoms with Crippen molar-refractivity contribution >= 4 is 50.2 Å². The maximum atomic E-state index is 13.6. The summed E-state index contributed by atoms with van der Waals surface area (Å²) in [6, 6.07) is 9.01. The number of thiophene rings is 1. The Morgan fingerprint density at radius 1 is 1.11 bits per heavy atom. The maximum Gasteiger partial charge on any atom is 0.419 e. The number of sulfonamides is 1. The standard InChI is InChI=1S/C23H21Cl2F3N2O4S2/c1-30-8-7-15(12-30)34-20-10-14(4-5-17(20)23(26,27)28)29-36(31,32)21-11-18(25)22(35-21)16-9-13(24)3-6-19(16)33-2/h3-6,9-11,15,29H,7-8,12H2,1-2H3. The Labute approximate surface area is 220 Å². The molecule has 0 saturated carbocycles. The largest absolute Gasteiger partial charge is 0.496 e. The molecular formula is C23H21Cl2F3N2O4S2. The van der Waals surface area contributed by atoms with Crippen LogP contribution in [0, 0.1) is 0 Å². The third-order valence-corrected chi connectivity index (χ3v) is 9.18. The van der Waals surface area contributed by atoms with Crippen molar-refractivity contribution < 1.29 is 31.1 Å². The van der Waals surface area contributed by atoms with E-state index in [-0.39, 0.29) is 14.9 Å². The molecule has 2 heterocycles. The van der Waals surface area contributed by atoms with Gasteiger partial charge in [0, 0.05) is 29.7 Å². The molecular weight excluding hydrogens is 560 g/mol. The van der Waals surface area contributed by atoms with Gasteiger partial charge in [-0.15, -0.1) is 11.3 Å². The van der Waals surface area contributed by atoms with E-state index in [1.54, 1.807) is 18.2 Å². The average Bonchev–Trinajstić information content (AvgIpc) is 3.38. The number of alkyl halides is 3. The highest BCUT2D eigenvalue weighted by Crippen LogP contribution is 2.44. The van der Waals surface area contributed by atoms with Gasteiger partial charge in [-0.1, -0.05) is 23.2 Å². The van der Waals surface area contributed by atoms with Crippen LogP contribution in [0.2, 0.25) is 10.0 Å². The Hall–Kier alpha value is -2.18. The van der Waals surface area contributed by atoms with Gasteiger partial charge in [0.1, 0.15) is 21.8 Å². The van der Waals surface area contributed by atoms with Crippen LogP contribution in [-0.4, -0.2) is 46.7 Å². The zero-order valence-corrected chi connectivity index (χ0v) is 22.2. The number of likely N-dealkylation sites (N-methyl/N-ethyl adjacent to an activating group) is 1. The number of rotatable bonds is 7. The van der Waals surface area contributed by atoms with Crippen molar-refractivity contribution in [2.75, 3.05) is 32.0 Å². The molecule has 194 valence electrons. The summed E-state index contributed by atoms with van der Waals surface area (Å²) in [4.78, 5) is 2.36. The van der Waals surface area contributed by atoms with E-state index in [0.29, 0.717) is 40.7 Å². The third kappa shape index (κ3) is 5.86. The molecule has 2 aromatic carbocycles. The Kier molecular flexibility index (Phi) is 7.68. The smallest absolute Gasteiger partial charge is 0.419 e. The minimum absolute atomic E-state index is 0.0734. The van der Waals surface area contributed by atoms with Crippen LogP contribution >= 0.6 is 34.5 Å². The van der Waals surface area contributed by atoms with E-state index < -0.39 is 33.6 Å². The SMILES string of the molecule is COc1ccc(Cl)cc1-c1sc(S(=O)(=O)Nc2ccc(C(F)(F)F)c(OC3CCN(C)C3)c2)cc1Cl. The average molecular weight is 581 g/mol. The van der Waals surface area contributed by atoms with Crippen LogP contribution in [0.5, 0.6) is 11.5 Å². The number of benzene rings is 2. The van der Waals surface area contributed by atoms with Crippen molar-refractivity contribution in [1.29, 1.82) is 0 Å². The summed E-state index contributed by atoms with van der Waals surface area (Å²) < 4.78 is 80.1. The molecule has 13 heteroatoms. The zero-order valence-electron chi connectivity index (χ0n) is 19.0. The molecule has 6 nitrogen and oxygen atoms in total. The molecule has 0 bridgehead atoms. The quantitative estimate of drug-likeness (QED) is 0.339. The molecule has 0 radical (unpaired) electrons. The van der Waals surface area contributed by atoms with Crippen LogP contribution in [0.25, 0.3) is 10.4 Å². The Morgan fingerprint density at radius 3 is 2.50 bits per heavy atom. The number of nitrogens with zero attached hydrogens (tertiary/aromatic N) is 1. The van der Waals surface area contributed by atoms with Crippen LogP contribution < -0.4 is 14.2 Å². The number of nitrogens with one attached hydrogen (secondary N) is 1. The fraction of sp³-hybridized carbons (Fsp3) is 0.304. The van der Waals surface area contributed by atoms with Gasteiger partial charge in [0.15, 0.2) is 0 Å². The van der Waals surface area contributed by atoms with Gasteiger partial charge in [-0.25, -0.2) is 8.42 Å². The van der Waals surface area contributed by atoms with Crippen LogP contribution in [0.1, 0.15) is 12.0 Å². The lowest BCUT2D eigenvalue weighted by Crippen LogP contribution is -2.23. The molecule has 1 saturated heterocycles.